The lowest BCUT2D eigenvalue weighted by molar-refractivity contribution is -0.385. The SMILES string of the molecule is Cc1cc([N+](=O)[O-])cnc1N[C@@H]1C[C@H]1c1cccc(F)c1. The van der Waals surface area contributed by atoms with Crippen LogP contribution in [0.15, 0.2) is 36.5 Å². The Labute approximate surface area is 121 Å². The van der Waals surface area contributed by atoms with E-state index in [1.165, 1.54) is 18.3 Å². The van der Waals surface area contributed by atoms with E-state index in [0.717, 1.165) is 17.5 Å². The molecule has 1 heterocycles. The Balaban J connectivity index is 1.70. The summed E-state index contributed by atoms with van der Waals surface area (Å²) >= 11 is 0. The van der Waals surface area contributed by atoms with E-state index in [2.05, 4.69) is 10.3 Å². The lowest BCUT2D eigenvalue weighted by Gasteiger charge is -2.08. The van der Waals surface area contributed by atoms with Gasteiger partial charge in [-0.2, -0.15) is 0 Å². The molecule has 1 aromatic carbocycles. The minimum atomic E-state index is -0.462. The summed E-state index contributed by atoms with van der Waals surface area (Å²) in [6, 6.07) is 8.27. The number of nitrogens with one attached hydrogen (secondary N) is 1. The van der Waals surface area contributed by atoms with Gasteiger partial charge in [-0.1, -0.05) is 12.1 Å². The Kier molecular flexibility index (Phi) is 3.29. The van der Waals surface area contributed by atoms with Crippen molar-refractivity contribution < 1.29 is 9.31 Å². The van der Waals surface area contributed by atoms with Crippen molar-refractivity contribution in [1.29, 1.82) is 0 Å². The molecule has 0 amide bonds. The molecule has 2 atom stereocenters. The first-order valence-corrected chi connectivity index (χ1v) is 6.67. The molecule has 1 aliphatic rings. The quantitative estimate of drug-likeness (QED) is 0.691. The third kappa shape index (κ3) is 2.84. The number of nitrogens with zero attached hydrogens (tertiary/aromatic N) is 2. The van der Waals surface area contributed by atoms with Crippen molar-refractivity contribution in [2.24, 2.45) is 0 Å². The Morgan fingerprint density at radius 2 is 2.24 bits per heavy atom. The van der Waals surface area contributed by atoms with E-state index in [-0.39, 0.29) is 23.5 Å². The van der Waals surface area contributed by atoms with Crippen LogP contribution in [0.5, 0.6) is 0 Å². The van der Waals surface area contributed by atoms with Gasteiger partial charge in [0.25, 0.3) is 5.69 Å². The summed E-state index contributed by atoms with van der Waals surface area (Å²) in [5.41, 5.74) is 1.68. The molecule has 0 bridgehead atoms. The average Bonchev–Trinajstić information content (AvgIpc) is 3.20. The number of hydrogen-bond acceptors (Lipinski definition) is 4. The molecule has 6 heteroatoms. The number of hydrogen-bond donors (Lipinski definition) is 1. The zero-order valence-electron chi connectivity index (χ0n) is 11.4. The van der Waals surface area contributed by atoms with Gasteiger partial charge in [0.1, 0.15) is 17.8 Å². The van der Waals surface area contributed by atoms with Gasteiger partial charge >= 0.3 is 0 Å². The second kappa shape index (κ2) is 5.12. The number of rotatable bonds is 4. The number of benzene rings is 1. The van der Waals surface area contributed by atoms with Crippen LogP contribution < -0.4 is 5.32 Å². The second-order valence-corrected chi connectivity index (χ2v) is 5.26. The van der Waals surface area contributed by atoms with Crippen LogP contribution in [0.3, 0.4) is 0 Å². The maximum atomic E-state index is 13.2. The van der Waals surface area contributed by atoms with Crippen LogP contribution in [0.1, 0.15) is 23.5 Å². The van der Waals surface area contributed by atoms with Crippen molar-refractivity contribution in [2.75, 3.05) is 5.32 Å². The third-order valence-electron chi connectivity index (χ3n) is 3.66. The van der Waals surface area contributed by atoms with E-state index >= 15 is 0 Å². The smallest absolute Gasteiger partial charge is 0.287 e. The fourth-order valence-corrected chi connectivity index (χ4v) is 2.45. The molecule has 3 rings (SSSR count). The minimum absolute atomic E-state index is 0.0180. The van der Waals surface area contributed by atoms with Crippen molar-refractivity contribution in [2.45, 2.75) is 25.3 Å². The molecule has 1 saturated carbocycles. The summed E-state index contributed by atoms with van der Waals surface area (Å²) in [5, 5.41) is 13.9. The molecule has 108 valence electrons. The molecule has 5 nitrogen and oxygen atoms in total. The molecule has 21 heavy (non-hydrogen) atoms. The Morgan fingerprint density at radius 3 is 2.90 bits per heavy atom. The van der Waals surface area contributed by atoms with E-state index in [1.54, 1.807) is 19.1 Å². The van der Waals surface area contributed by atoms with E-state index in [0.29, 0.717) is 5.82 Å². The fraction of sp³-hybridized carbons (Fsp3) is 0.267. The lowest BCUT2D eigenvalue weighted by atomic mass is 10.1. The van der Waals surface area contributed by atoms with Crippen LogP contribution in [0.2, 0.25) is 0 Å². The highest BCUT2D eigenvalue weighted by Gasteiger charge is 2.39. The van der Waals surface area contributed by atoms with Gasteiger partial charge in [0.2, 0.25) is 0 Å². The summed E-state index contributed by atoms with van der Waals surface area (Å²) in [4.78, 5) is 14.3. The van der Waals surface area contributed by atoms with Crippen LogP contribution in [-0.2, 0) is 0 Å². The molecule has 0 unspecified atom stereocenters. The van der Waals surface area contributed by atoms with Gasteiger partial charge in [-0.3, -0.25) is 10.1 Å². The van der Waals surface area contributed by atoms with E-state index in [1.807, 2.05) is 6.07 Å². The molecule has 1 aliphatic carbocycles. The predicted octanol–water partition coefficient (Wildman–Crippen LogP) is 3.41. The standard InChI is InChI=1S/C15H14FN3O2/c1-9-5-12(19(20)21)8-17-15(9)18-14-7-13(14)10-3-2-4-11(16)6-10/h2-6,8,13-14H,7H2,1H3,(H,17,18)/t13-,14+/m0/s1. The van der Waals surface area contributed by atoms with Gasteiger partial charge in [0.15, 0.2) is 0 Å². The van der Waals surface area contributed by atoms with Crippen LogP contribution in [0.4, 0.5) is 15.9 Å². The van der Waals surface area contributed by atoms with Crippen molar-refractivity contribution in [3.63, 3.8) is 0 Å². The van der Waals surface area contributed by atoms with Crippen LogP contribution in [0, 0.1) is 22.9 Å². The molecule has 0 aliphatic heterocycles. The second-order valence-electron chi connectivity index (χ2n) is 5.26. The van der Waals surface area contributed by atoms with Gasteiger partial charge in [0.05, 0.1) is 4.92 Å². The molecule has 1 fully saturated rings. The van der Waals surface area contributed by atoms with Gasteiger partial charge in [0, 0.05) is 18.0 Å². The highest BCUT2D eigenvalue weighted by atomic mass is 19.1. The monoisotopic (exact) mass is 287 g/mol. The van der Waals surface area contributed by atoms with Crippen molar-refractivity contribution in [3.05, 3.63) is 63.6 Å². The fourth-order valence-electron chi connectivity index (χ4n) is 2.45. The molecule has 2 aromatic rings. The minimum Gasteiger partial charge on any atom is -0.366 e. The first kappa shape index (κ1) is 13.5. The molecular weight excluding hydrogens is 273 g/mol. The first-order chi connectivity index (χ1) is 10.0. The summed E-state index contributed by atoms with van der Waals surface area (Å²) < 4.78 is 13.2. The summed E-state index contributed by atoms with van der Waals surface area (Å²) in [5.74, 6) is 0.671. The number of halogens is 1. The van der Waals surface area contributed by atoms with Crippen LogP contribution in [-0.4, -0.2) is 15.9 Å². The normalized spacial score (nSPS) is 20.1. The maximum Gasteiger partial charge on any atom is 0.287 e. The van der Waals surface area contributed by atoms with Gasteiger partial charge in [-0.25, -0.2) is 9.37 Å². The zero-order chi connectivity index (χ0) is 15.0. The average molecular weight is 287 g/mol. The van der Waals surface area contributed by atoms with Crippen molar-refractivity contribution >= 4 is 11.5 Å². The molecule has 0 spiro atoms. The van der Waals surface area contributed by atoms with E-state index in [9.17, 15) is 14.5 Å². The summed E-state index contributed by atoms with van der Waals surface area (Å²) in [6.07, 6.45) is 2.15. The summed E-state index contributed by atoms with van der Waals surface area (Å²) in [7, 11) is 0. The lowest BCUT2D eigenvalue weighted by Crippen LogP contribution is -2.07. The van der Waals surface area contributed by atoms with E-state index < -0.39 is 4.92 Å². The van der Waals surface area contributed by atoms with Gasteiger partial charge in [-0.15, -0.1) is 0 Å². The number of anilines is 1. The Morgan fingerprint density at radius 1 is 1.43 bits per heavy atom. The first-order valence-electron chi connectivity index (χ1n) is 6.67. The topological polar surface area (TPSA) is 68.1 Å². The number of nitro groups is 1. The highest BCUT2D eigenvalue weighted by molar-refractivity contribution is 5.51. The zero-order valence-corrected chi connectivity index (χ0v) is 11.4. The third-order valence-corrected chi connectivity index (χ3v) is 3.66. The predicted molar refractivity (Wildman–Crippen MR) is 76.8 cm³/mol. The molecule has 0 saturated heterocycles. The van der Waals surface area contributed by atoms with Crippen LogP contribution in [0.25, 0.3) is 0 Å². The molecule has 1 N–H and O–H groups in total. The highest BCUT2D eigenvalue weighted by Crippen LogP contribution is 2.43. The Bertz CT molecular complexity index is 705. The summed E-state index contributed by atoms with van der Waals surface area (Å²) in [6.45, 7) is 1.78. The van der Waals surface area contributed by atoms with Crippen molar-refractivity contribution in [1.82, 2.24) is 4.98 Å². The molecular formula is C15H14FN3O2. The maximum absolute atomic E-state index is 13.2. The van der Waals surface area contributed by atoms with E-state index in [4.69, 9.17) is 0 Å². The van der Waals surface area contributed by atoms with Crippen LogP contribution >= 0.6 is 0 Å². The van der Waals surface area contributed by atoms with Gasteiger partial charge < -0.3 is 5.32 Å². The number of pyridine rings is 1. The molecule has 1 aromatic heterocycles. The van der Waals surface area contributed by atoms with Crippen molar-refractivity contribution in [3.8, 4) is 0 Å². The molecule has 0 radical (unpaired) electrons. The largest absolute Gasteiger partial charge is 0.366 e. The number of aromatic nitrogens is 1. The Hall–Kier alpha value is -2.50. The number of aryl methyl sites for hydroxylation is 1. The van der Waals surface area contributed by atoms with Gasteiger partial charge in [-0.05, 0) is 36.6 Å².